The lowest BCUT2D eigenvalue weighted by Crippen LogP contribution is -2.39. The summed E-state index contributed by atoms with van der Waals surface area (Å²) in [6, 6.07) is 4.35. The van der Waals surface area contributed by atoms with Gasteiger partial charge in [0.05, 0.1) is 18.5 Å². The van der Waals surface area contributed by atoms with E-state index in [0.717, 1.165) is 0 Å². The molecule has 102 valence electrons. The predicted molar refractivity (Wildman–Crippen MR) is 65.9 cm³/mol. The zero-order valence-corrected chi connectivity index (χ0v) is 10.6. The SMILES string of the molecule is COc1ccc(N)c(N(CC(F)(F)F)C(C)C)c1. The van der Waals surface area contributed by atoms with E-state index in [1.807, 2.05) is 0 Å². The fourth-order valence-corrected chi connectivity index (χ4v) is 1.64. The summed E-state index contributed by atoms with van der Waals surface area (Å²) in [5.74, 6) is 0.479. The van der Waals surface area contributed by atoms with E-state index in [1.54, 1.807) is 26.0 Å². The van der Waals surface area contributed by atoms with Gasteiger partial charge in [-0.25, -0.2) is 0 Å². The normalized spacial score (nSPS) is 11.7. The number of rotatable bonds is 4. The number of ether oxygens (including phenoxy) is 1. The molecule has 0 saturated carbocycles. The molecule has 0 amide bonds. The van der Waals surface area contributed by atoms with Crippen LogP contribution in [0.15, 0.2) is 18.2 Å². The summed E-state index contributed by atoms with van der Waals surface area (Å²) in [4.78, 5) is 1.21. The number of alkyl halides is 3. The number of benzene rings is 1. The van der Waals surface area contributed by atoms with Crippen molar-refractivity contribution in [3.63, 3.8) is 0 Å². The van der Waals surface area contributed by atoms with Gasteiger partial charge in [0, 0.05) is 12.1 Å². The molecule has 6 heteroatoms. The smallest absolute Gasteiger partial charge is 0.405 e. The van der Waals surface area contributed by atoms with Gasteiger partial charge in [-0.1, -0.05) is 0 Å². The van der Waals surface area contributed by atoms with Crippen LogP contribution in [0.3, 0.4) is 0 Å². The predicted octanol–water partition coefficient (Wildman–Crippen LogP) is 3.05. The summed E-state index contributed by atoms with van der Waals surface area (Å²) in [6.45, 7) is 2.33. The Balaban J connectivity index is 3.12. The Morgan fingerprint density at radius 2 is 1.94 bits per heavy atom. The van der Waals surface area contributed by atoms with Crippen molar-refractivity contribution in [2.24, 2.45) is 0 Å². The maximum Gasteiger partial charge on any atom is 0.405 e. The average molecular weight is 262 g/mol. The minimum Gasteiger partial charge on any atom is -0.497 e. The summed E-state index contributed by atoms with van der Waals surface area (Å²) < 4.78 is 42.7. The minimum atomic E-state index is -4.28. The van der Waals surface area contributed by atoms with Crippen LogP contribution in [-0.2, 0) is 0 Å². The number of anilines is 2. The van der Waals surface area contributed by atoms with E-state index in [1.165, 1.54) is 18.1 Å². The van der Waals surface area contributed by atoms with E-state index in [0.29, 0.717) is 17.1 Å². The maximum atomic E-state index is 12.6. The van der Waals surface area contributed by atoms with Crippen molar-refractivity contribution >= 4 is 11.4 Å². The monoisotopic (exact) mass is 262 g/mol. The van der Waals surface area contributed by atoms with Crippen LogP contribution in [0.25, 0.3) is 0 Å². The third kappa shape index (κ3) is 3.72. The van der Waals surface area contributed by atoms with Crippen molar-refractivity contribution in [2.45, 2.75) is 26.1 Å². The van der Waals surface area contributed by atoms with E-state index >= 15 is 0 Å². The molecule has 0 aliphatic heterocycles. The largest absolute Gasteiger partial charge is 0.497 e. The highest BCUT2D eigenvalue weighted by atomic mass is 19.4. The lowest BCUT2D eigenvalue weighted by Gasteiger charge is -2.31. The van der Waals surface area contributed by atoms with Crippen LogP contribution in [0.5, 0.6) is 5.75 Å². The second-order valence-corrected chi connectivity index (χ2v) is 4.26. The molecule has 0 unspecified atom stereocenters. The Kier molecular flexibility index (Phi) is 4.32. The molecular formula is C12H17F3N2O. The molecule has 0 aliphatic rings. The van der Waals surface area contributed by atoms with Crippen molar-refractivity contribution in [3.8, 4) is 5.75 Å². The maximum absolute atomic E-state index is 12.6. The first-order valence-corrected chi connectivity index (χ1v) is 5.51. The number of hydrogen-bond acceptors (Lipinski definition) is 3. The number of hydrogen-bond donors (Lipinski definition) is 1. The van der Waals surface area contributed by atoms with E-state index in [9.17, 15) is 13.2 Å². The van der Waals surface area contributed by atoms with E-state index in [2.05, 4.69) is 0 Å². The van der Waals surface area contributed by atoms with Gasteiger partial charge < -0.3 is 15.4 Å². The molecule has 1 aromatic carbocycles. The molecular weight excluding hydrogens is 245 g/mol. The lowest BCUT2D eigenvalue weighted by atomic mass is 10.2. The fourth-order valence-electron chi connectivity index (χ4n) is 1.64. The Morgan fingerprint density at radius 3 is 2.39 bits per heavy atom. The van der Waals surface area contributed by atoms with Crippen LogP contribution in [0, 0.1) is 0 Å². The second-order valence-electron chi connectivity index (χ2n) is 4.26. The summed E-state index contributed by atoms with van der Waals surface area (Å²) in [5, 5.41) is 0. The van der Waals surface area contributed by atoms with Crippen molar-refractivity contribution in [2.75, 3.05) is 24.3 Å². The summed E-state index contributed by atoms with van der Waals surface area (Å²) in [7, 11) is 1.46. The van der Waals surface area contributed by atoms with Gasteiger partial charge in [-0.15, -0.1) is 0 Å². The van der Waals surface area contributed by atoms with Crippen molar-refractivity contribution in [1.82, 2.24) is 0 Å². The van der Waals surface area contributed by atoms with Crippen molar-refractivity contribution < 1.29 is 17.9 Å². The Labute approximate surface area is 104 Å². The molecule has 0 heterocycles. The van der Waals surface area contributed by atoms with Gasteiger partial charge in [0.15, 0.2) is 0 Å². The van der Waals surface area contributed by atoms with Crippen LogP contribution in [0.4, 0.5) is 24.5 Å². The second kappa shape index (κ2) is 5.37. The number of nitrogens with two attached hydrogens (primary N) is 1. The van der Waals surface area contributed by atoms with Crippen LogP contribution in [0.2, 0.25) is 0 Å². The number of nitrogens with zero attached hydrogens (tertiary/aromatic N) is 1. The molecule has 0 aromatic heterocycles. The number of methoxy groups -OCH3 is 1. The molecule has 0 spiro atoms. The van der Waals surface area contributed by atoms with E-state index < -0.39 is 12.7 Å². The zero-order chi connectivity index (χ0) is 13.9. The highest BCUT2D eigenvalue weighted by molar-refractivity contribution is 5.70. The van der Waals surface area contributed by atoms with Crippen LogP contribution in [0.1, 0.15) is 13.8 Å². The lowest BCUT2D eigenvalue weighted by molar-refractivity contribution is -0.120. The standard InChI is InChI=1S/C12H17F3N2O/c1-8(2)17(7-12(13,14)15)11-6-9(18-3)4-5-10(11)16/h4-6,8H,7,16H2,1-3H3. The van der Waals surface area contributed by atoms with E-state index in [-0.39, 0.29) is 6.04 Å². The van der Waals surface area contributed by atoms with Gasteiger partial charge in [-0.3, -0.25) is 0 Å². The van der Waals surface area contributed by atoms with Crippen LogP contribution < -0.4 is 15.4 Å². The highest BCUT2D eigenvalue weighted by Gasteiger charge is 2.32. The van der Waals surface area contributed by atoms with E-state index in [4.69, 9.17) is 10.5 Å². The third-order valence-corrected chi connectivity index (χ3v) is 2.52. The molecule has 0 bridgehead atoms. The number of halogens is 3. The molecule has 0 radical (unpaired) electrons. The molecule has 18 heavy (non-hydrogen) atoms. The van der Waals surface area contributed by atoms with Crippen LogP contribution in [-0.4, -0.2) is 25.9 Å². The van der Waals surface area contributed by atoms with Gasteiger partial charge in [-0.2, -0.15) is 13.2 Å². The van der Waals surface area contributed by atoms with Crippen LogP contribution >= 0.6 is 0 Å². The van der Waals surface area contributed by atoms with Gasteiger partial charge in [-0.05, 0) is 26.0 Å². The first-order chi connectivity index (χ1) is 8.24. The van der Waals surface area contributed by atoms with Gasteiger partial charge >= 0.3 is 6.18 Å². The molecule has 0 aliphatic carbocycles. The topological polar surface area (TPSA) is 38.5 Å². The Bertz CT molecular complexity index is 405. The van der Waals surface area contributed by atoms with Crippen molar-refractivity contribution in [3.05, 3.63) is 18.2 Å². The van der Waals surface area contributed by atoms with Gasteiger partial charge in [0.1, 0.15) is 12.3 Å². The van der Waals surface area contributed by atoms with Crippen molar-refractivity contribution in [1.29, 1.82) is 0 Å². The summed E-state index contributed by atoms with van der Waals surface area (Å²) in [5.41, 5.74) is 6.37. The first-order valence-electron chi connectivity index (χ1n) is 5.51. The fraction of sp³-hybridized carbons (Fsp3) is 0.500. The summed E-state index contributed by atoms with van der Waals surface area (Å²) in [6.07, 6.45) is -4.28. The Morgan fingerprint density at radius 1 is 1.33 bits per heavy atom. The Hall–Kier alpha value is -1.59. The number of nitrogen functional groups attached to an aromatic ring is 1. The molecule has 1 rings (SSSR count). The summed E-state index contributed by atoms with van der Waals surface area (Å²) >= 11 is 0. The molecule has 1 aromatic rings. The zero-order valence-electron chi connectivity index (χ0n) is 10.6. The molecule has 2 N–H and O–H groups in total. The van der Waals surface area contributed by atoms with Gasteiger partial charge in [0.25, 0.3) is 0 Å². The highest BCUT2D eigenvalue weighted by Crippen LogP contribution is 2.32. The van der Waals surface area contributed by atoms with Gasteiger partial charge in [0.2, 0.25) is 0 Å². The average Bonchev–Trinajstić information content (AvgIpc) is 2.25. The quantitative estimate of drug-likeness (QED) is 0.847. The third-order valence-electron chi connectivity index (χ3n) is 2.52. The molecule has 0 fully saturated rings. The molecule has 0 saturated heterocycles. The molecule has 3 nitrogen and oxygen atoms in total. The minimum absolute atomic E-state index is 0.300. The molecule has 0 atom stereocenters. The first kappa shape index (κ1) is 14.5.